The lowest BCUT2D eigenvalue weighted by molar-refractivity contribution is 0.0951. The Morgan fingerprint density at radius 2 is 1.96 bits per heavy atom. The molecule has 0 saturated carbocycles. The van der Waals surface area contributed by atoms with Gasteiger partial charge in [0.2, 0.25) is 0 Å². The number of nitrogens with zero attached hydrogens (tertiary/aromatic N) is 1. The van der Waals surface area contributed by atoms with Gasteiger partial charge in [0.15, 0.2) is 0 Å². The van der Waals surface area contributed by atoms with E-state index < -0.39 is 10.0 Å². The van der Waals surface area contributed by atoms with Gasteiger partial charge in [-0.25, -0.2) is 8.42 Å². The second-order valence-corrected chi connectivity index (χ2v) is 8.16. The Bertz CT molecular complexity index is 897. The van der Waals surface area contributed by atoms with Crippen LogP contribution in [0.1, 0.15) is 29.3 Å². The van der Waals surface area contributed by atoms with Gasteiger partial charge in [0, 0.05) is 24.8 Å². The summed E-state index contributed by atoms with van der Waals surface area (Å²) >= 11 is 0. The van der Waals surface area contributed by atoms with E-state index in [0.29, 0.717) is 30.6 Å². The molecule has 2 aromatic carbocycles. The maximum atomic E-state index is 13.0. The van der Waals surface area contributed by atoms with Gasteiger partial charge in [0.05, 0.1) is 10.6 Å². The van der Waals surface area contributed by atoms with Crippen molar-refractivity contribution in [2.75, 3.05) is 17.5 Å². The van der Waals surface area contributed by atoms with Crippen LogP contribution < -0.4 is 9.62 Å². The fourth-order valence-electron chi connectivity index (χ4n) is 3.20. The number of fused-ring (bicyclic) bond motifs is 1. The molecule has 0 radical (unpaired) electrons. The third kappa shape index (κ3) is 3.45. The summed E-state index contributed by atoms with van der Waals surface area (Å²) in [5.74, 6) is -0.224. The van der Waals surface area contributed by atoms with Crippen LogP contribution in [0.2, 0.25) is 0 Å². The van der Waals surface area contributed by atoms with Gasteiger partial charge in [-0.15, -0.1) is 0 Å². The number of nitrogens with one attached hydrogen (secondary N) is 1. The van der Waals surface area contributed by atoms with Crippen molar-refractivity contribution in [2.24, 2.45) is 0 Å². The van der Waals surface area contributed by atoms with Crippen molar-refractivity contribution in [3.8, 4) is 0 Å². The standard InChI is InChI=1S/C19H22N2O4S/c1-14-12-16-13-15(19(23)20-10-5-11-22)8-9-18(16)21(14)26(24,25)17-6-3-2-4-7-17/h2-4,6-9,13-14,22H,5,10-12H2,1H3,(H,20,23)/t14-/m1/s1. The van der Waals surface area contributed by atoms with Crippen LogP contribution in [-0.4, -0.2) is 38.6 Å². The number of hydrogen-bond donors (Lipinski definition) is 2. The Kier molecular flexibility index (Phi) is 5.29. The molecule has 0 spiro atoms. The van der Waals surface area contributed by atoms with Gasteiger partial charge < -0.3 is 10.4 Å². The number of carbonyl (C=O) groups excluding carboxylic acids is 1. The van der Waals surface area contributed by atoms with Crippen molar-refractivity contribution in [1.82, 2.24) is 5.32 Å². The van der Waals surface area contributed by atoms with Crippen LogP contribution in [0.4, 0.5) is 5.69 Å². The number of aliphatic hydroxyl groups is 1. The number of rotatable bonds is 6. The monoisotopic (exact) mass is 374 g/mol. The highest BCUT2D eigenvalue weighted by Crippen LogP contribution is 2.37. The van der Waals surface area contributed by atoms with Gasteiger partial charge in [-0.05, 0) is 55.7 Å². The minimum atomic E-state index is -3.65. The number of carbonyl (C=O) groups is 1. The predicted molar refractivity (Wildman–Crippen MR) is 99.8 cm³/mol. The van der Waals surface area contributed by atoms with Crippen molar-refractivity contribution in [3.05, 3.63) is 59.7 Å². The second kappa shape index (κ2) is 7.47. The Morgan fingerprint density at radius 1 is 1.23 bits per heavy atom. The topological polar surface area (TPSA) is 86.7 Å². The van der Waals surface area contributed by atoms with E-state index in [1.807, 2.05) is 6.92 Å². The van der Waals surface area contributed by atoms with E-state index in [9.17, 15) is 13.2 Å². The molecule has 3 rings (SSSR count). The molecule has 6 nitrogen and oxygen atoms in total. The zero-order valence-electron chi connectivity index (χ0n) is 14.6. The Labute approximate surface area is 153 Å². The number of aliphatic hydroxyl groups excluding tert-OH is 1. The third-order valence-corrected chi connectivity index (χ3v) is 6.36. The maximum Gasteiger partial charge on any atom is 0.264 e. The van der Waals surface area contributed by atoms with Crippen molar-refractivity contribution < 1.29 is 18.3 Å². The molecule has 7 heteroatoms. The fourth-order valence-corrected chi connectivity index (χ4v) is 4.91. The highest BCUT2D eigenvalue weighted by atomic mass is 32.2. The summed E-state index contributed by atoms with van der Waals surface area (Å²) in [5.41, 5.74) is 1.95. The molecule has 26 heavy (non-hydrogen) atoms. The molecule has 0 saturated heterocycles. The first-order chi connectivity index (χ1) is 12.4. The van der Waals surface area contributed by atoms with Crippen molar-refractivity contribution in [3.63, 3.8) is 0 Å². The summed E-state index contributed by atoms with van der Waals surface area (Å²) in [6.07, 6.45) is 1.05. The lowest BCUT2D eigenvalue weighted by Crippen LogP contribution is -2.35. The quantitative estimate of drug-likeness (QED) is 0.757. The van der Waals surface area contributed by atoms with Crippen LogP contribution in [0.3, 0.4) is 0 Å². The van der Waals surface area contributed by atoms with Crippen LogP contribution in [0, 0.1) is 0 Å². The molecule has 0 fully saturated rings. The molecule has 1 aliphatic heterocycles. The molecular formula is C19H22N2O4S. The first kappa shape index (κ1) is 18.4. The van der Waals surface area contributed by atoms with Crippen molar-refractivity contribution >= 4 is 21.6 Å². The van der Waals surface area contributed by atoms with E-state index >= 15 is 0 Å². The largest absolute Gasteiger partial charge is 0.396 e. The summed E-state index contributed by atoms with van der Waals surface area (Å²) < 4.78 is 27.5. The summed E-state index contributed by atoms with van der Waals surface area (Å²) in [7, 11) is -3.65. The molecule has 1 aliphatic rings. The fraction of sp³-hybridized carbons (Fsp3) is 0.316. The molecular weight excluding hydrogens is 352 g/mol. The van der Waals surface area contributed by atoms with Crippen molar-refractivity contribution in [1.29, 1.82) is 0 Å². The predicted octanol–water partition coefficient (Wildman–Crippen LogP) is 1.94. The molecule has 2 N–H and O–H groups in total. The lowest BCUT2D eigenvalue weighted by atomic mass is 10.1. The minimum absolute atomic E-state index is 0.0221. The Balaban J connectivity index is 1.89. The molecule has 0 bridgehead atoms. The van der Waals surface area contributed by atoms with E-state index in [4.69, 9.17) is 5.11 Å². The van der Waals surface area contributed by atoms with E-state index in [-0.39, 0.29) is 23.5 Å². The van der Waals surface area contributed by atoms with Gasteiger partial charge in [0.1, 0.15) is 0 Å². The minimum Gasteiger partial charge on any atom is -0.396 e. The summed E-state index contributed by atoms with van der Waals surface area (Å²) in [6, 6.07) is 13.2. The SMILES string of the molecule is C[C@@H]1Cc2cc(C(=O)NCCCO)ccc2N1S(=O)(=O)c1ccccc1. The second-order valence-electron chi connectivity index (χ2n) is 6.34. The highest BCUT2D eigenvalue weighted by molar-refractivity contribution is 7.92. The van der Waals surface area contributed by atoms with E-state index in [1.54, 1.807) is 48.5 Å². The van der Waals surface area contributed by atoms with Gasteiger partial charge in [-0.1, -0.05) is 18.2 Å². The molecule has 1 atom stereocenters. The number of amides is 1. The zero-order valence-corrected chi connectivity index (χ0v) is 15.4. The molecule has 0 aromatic heterocycles. The number of hydrogen-bond acceptors (Lipinski definition) is 4. The van der Waals surface area contributed by atoms with Gasteiger partial charge in [-0.2, -0.15) is 0 Å². The van der Waals surface area contributed by atoms with Crippen LogP contribution in [0.5, 0.6) is 0 Å². The van der Waals surface area contributed by atoms with Crippen LogP contribution in [-0.2, 0) is 16.4 Å². The molecule has 2 aromatic rings. The molecule has 1 heterocycles. The lowest BCUT2D eigenvalue weighted by Gasteiger charge is -2.24. The van der Waals surface area contributed by atoms with Gasteiger partial charge >= 0.3 is 0 Å². The van der Waals surface area contributed by atoms with Crippen LogP contribution >= 0.6 is 0 Å². The first-order valence-electron chi connectivity index (χ1n) is 8.56. The van der Waals surface area contributed by atoms with Gasteiger partial charge in [0.25, 0.3) is 15.9 Å². The molecule has 0 unspecified atom stereocenters. The summed E-state index contributed by atoms with van der Waals surface area (Å²) in [5, 5.41) is 11.5. The maximum absolute atomic E-state index is 13.0. The average Bonchev–Trinajstić information content (AvgIpc) is 2.98. The number of anilines is 1. The molecule has 1 amide bonds. The summed E-state index contributed by atoms with van der Waals surface area (Å²) in [4.78, 5) is 12.4. The number of sulfonamides is 1. The van der Waals surface area contributed by atoms with E-state index in [2.05, 4.69) is 5.32 Å². The molecule has 138 valence electrons. The van der Waals surface area contributed by atoms with E-state index in [0.717, 1.165) is 5.56 Å². The Morgan fingerprint density at radius 3 is 2.65 bits per heavy atom. The third-order valence-electron chi connectivity index (χ3n) is 4.42. The van der Waals surface area contributed by atoms with E-state index in [1.165, 1.54) is 4.31 Å². The van der Waals surface area contributed by atoms with Crippen LogP contribution in [0.25, 0.3) is 0 Å². The average molecular weight is 374 g/mol. The highest BCUT2D eigenvalue weighted by Gasteiger charge is 2.36. The first-order valence-corrected chi connectivity index (χ1v) is 10.0. The Hall–Kier alpha value is -2.38. The zero-order chi connectivity index (χ0) is 18.7. The molecule has 0 aliphatic carbocycles. The van der Waals surface area contributed by atoms with Crippen LogP contribution in [0.15, 0.2) is 53.4 Å². The summed E-state index contributed by atoms with van der Waals surface area (Å²) in [6.45, 7) is 2.28. The smallest absolute Gasteiger partial charge is 0.264 e. The number of benzene rings is 2. The normalized spacial score (nSPS) is 16.4. The van der Waals surface area contributed by atoms with Gasteiger partial charge in [-0.3, -0.25) is 9.10 Å². The van der Waals surface area contributed by atoms with Crippen molar-refractivity contribution in [2.45, 2.75) is 30.7 Å².